The van der Waals surface area contributed by atoms with Crippen molar-refractivity contribution in [2.24, 2.45) is 0 Å². The zero-order chi connectivity index (χ0) is 12.7. The van der Waals surface area contributed by atoms with Gasteiger partial charge in [-0.2, -0.15) is 0 Å². The summed E-state index contributed by atoms with van der Waals surface area (Å²) in [7, 11) is 0. The number of aliphatic hydroxyl groups excluding tert-OH is 1. The van der Waals surface area contributed by atoms with Crippen LogP contribution in [0.1, 0.15) is 33.1 Å². The van der Waals surface area contributed by atoms with Gasteiger partial charge in [0.15, 0.2) is 0 Å². The van der Waals surface area contributed by atoms with Crippen molar-refractivity contribution in [2.75, 3.05) is 26.3 Å². The Morgan fingerprint density at radius 2 is 2.12 bits per heavy atom. The zero-order valence-electron chi connectivity index (χ0n) is 10.8. The number of piperidine rings is 1. The van der Waals surface area contributed by atoms with E-state index in [0.29, 0.717) is 6.42 Å². The lowest BCUT2D eigenvalue weighted by molar-refractivity contribution is -0.130. The molecular weight excluding hydrogens is 220 g/mol. The minimum Gasteiger partial charge on any atom is -0.396 e. The van der Waals surface area contributed by atoms with Gasteiger partial charge in [-0.25, -0.2) is 0 Å². The van der Waals surface area contributed by atoms with E-state index in [-0.39, 0.29) is 30.8 Å². The molecule has 1 amide bonds. The van der Waals surface area contributed by atoms with E-state index in [0.717, 1.165) is 25.9 Å². The summed E-state index contributed by atoms with van der Waals surface area (Å²) in [6, 6.07) is 0. The summed E-state index contributed by atoms with van der Waals surface area (Å²) in [5.41, 5.74) is -0.372. The van der Waals surface area contributed by atoms with Crippen molar-refractivity contribution in [1.29, 1.82) is 0 Å². The Morgan fingerprint density at radius 3 is 2.71 bits per heavy atom. The van der Waals surface area contributed by atoms with Crippen LogP contribution in [0.2, 0.25) is 0 Å². The molecular formula is C12H24N2O3. The molecule has 0 aromatic carbocycles. The van der Waals surface area contributed by atoms with Crippen LogP contribution in [0.5, 0.6) is 0 Å². The fourth-order valence-corrected chi connectivity index (χ4v) is 1.91. The molecule has 3 N–H and O–H groups in total. The minimum absolute atomic E-state index is 0.0719. The zero-order valence-corrected chi connectivity index (χ0v) is 10.8. The number of hydrogen-bond donors (Lipinski definition) is 3. The first kappa shape index (κ1) is 14.4. The van der Waals surface area contributed by atoms with Gasteiger partial charge in [-0.15, -0.1) is 0 Å². The smallest absolute Gasteiger partial charge is 0.246 e. The second kappa shape index (κ2) is 6.93. The van der Waals surface area contributed by atoms with Crippen LogP contribution in [0.15, 0.2) is 0 Å². The summed E-state index contributed by atoms with van der Waals surface area (Å²) < 4.78 is 5.55. The number of hydrogen-bond acceptors (Lipinski definition) is 4. The van der Waals surface area contributed by atoms with E-state index in [1.807, 2.05) is 13.8 Å². The Balaban J connectivity index is 2.20. The number of amides is 1. The highest BCUT2D eigenvalue weighted by Crippen LogP contribution is 2.09. The molecule has 1 aliphatic rings. The fraction of sp³-hybridized carbons (Fsp3) is 0.917. The maximum absolute atomic E-state index is 11.6. The number of aliphatic hydroxyl groups is 1. The third kappa shape index (κ3) is 6.00. The van der Waals surface area contributed by atoms with Crippen LogP contribution in [0, 0.1) is 0 Å². The Hall–Kier alpha value is -0.650. The molecule has 0 bridgehead atoms. The van der Waals surface area contributed by atoms with E-state index in [4.69, 9.17) is 9.84 Å². The van der Waals surface area contributed by atoms with E-state index < -0.39 is 0 Å². The van der Waals surface area contributed by atoms with Crippen LogP contribution in [-0.2, 0) is 9.53 Å². The number of carbonyl (C=O) groups is 1. The van der Waals surface area contributed by atoms with Crippen molar-refractivity contribution in [3.05, 3.63) is 0 Å². The third-order valence-corrected chi connectivity index (χ3v) is 2.95. The highest BCUT2D eigenvalue weighted by atomic mass is 16.5. The van der Waals surface area contributed by atoms with Crippen LogP contribution in [0.25, 0.3) is 0 Å². The van der Waals surface area contributed by atoms with Gasteiger partial charge in [-0.1, -0.05) is 0 Å². The highest BCUT2D eigenvalue weighted by Gasteiger charge is 2.21. The lowest BCUT2D eigenvalue weighted by Crippen LogP contribution is -2.46. The molecule has 0 unspecified atom stereocenters. The lowest BCUT2D eigenvalue weighted by Gasteiger charge is -2.27. The molecule has 0 radical (unpaired) electrons. The van der Waals surface area contributed by atoms with Crippen molar-refractivity contribution in [3.8, 4) is 0 Å². The van der Waals surface area contributed by atoms with Gasteiger partial charge in [0, 0.05) is 12.1 Å². The standard InChI is InChI=1S/C12H24N2O3/c1-12(2,5-8-15)14-11(16)9-17-10-3-6-13-7-4-10/h10,13,15H,3-9H2,1-2H3,(H,14,16). The van der Waals surface area contributed by atoms with Crippen molar-refractivity contribution in [3.63, 3.8) is 0 Å². The number of carbonyl (C=O) groups excluding carboxylic acids is 1. The van der Waals surface area contributed by atoms with Gasteiger partial charge in [-0.05, 0) is 46.2 Å². The van der Waals surface area contributed by atoms with Crippen LogP contribution < -0.4 is 10.6 Å². The van der Waals surface area contributed by atoms with E-state index in [1.54, 1.807) is 0 Å². The van der Waals surface area contributed by atoms with Gasteiger partial charge in [0.1, 0.15) is 6.61 Å². The number of nitrogens with one attached hydrogen (secondary N) is 2. The van der Waals surface area contributed by atoms with E-state index in [2.05, 4.69) is 10.6 Å². The van der Waals surface area contributed by atoms with E-state index >= 15 is 0 Å². The largest absolute Gasteiger partial charge is 0.396 e. The van der Waals surface area contributed by atoms with Gasteiger partial charge >= 0.3 is 0 Å². The van der Waals surface area contributed by atoms with E-state index in [1.165, 1.54) is 0 Å². The predicted molar refractivity (Wildman–Crippen MR) is 65.8 cm³/mol. The van der Waals surface area contributed by atoms with Gasteiger partial charge < -0.3 is 20.5 Å². The normalized spacial score (nSPS) is 18.1. The molecule has 5 nitrogen and oxygen atoms in total. The van der Waals surface area contributed by atoms with Crippen molar-refractivity contribution >= 4 is 5.91 Å². The molecule has 1 fully saturated rings. The Labute approximate surface area is 103 Å². The Morgan fingerprint density at radius 1 is 1.47 bits per heavy atom. The summed E-state index contributed by atoms with van der Waals surface area (Å²) in [5, 5.41) is 15.0. The lowest BCUT2D eigenvalue weighted by atomic mass is 10.0. The molecule has 17 heavy (non-hydrogen) atoms. The van der Waals surface area contributed by atoms with Gasteiger partial charge in [-0.3, -0.25) is 4.79 Å². The average molecular weight is 244 g/mol. The van der Waals surface area contributed by atoms with Gasteiger partial charge in [0.25, 0.3) is 0 Å². The highest BCUT2D eigenvalue weighted by molar-refractivity contribution is 5.77. The molecule has 0 aromatic rings. The molecule has 0 atom stereocenters. The molecule has 1 heterocycles. The quantitative estimate of drug-likeness (QED) is 0.616. The predicted octanol–water partition coefficient (Wildman–Crippen LogP) is 0.0322. The molecule has 0 saturated carbocycles. The van der Waals surface area contributed by atoms with Crippen molar-refractivity contribution in [1.82, 2.24) is 10.6 Å². The Bertz CT molecular complexity index is 238. The minimum atomic E-state index is -0.372. The van der Waals surface area contributed by atoms with Gasteiger partial charge in [0.05, 0.1) is 6.10 Å². The maximum atomic E-state index is 11.6. The summed E-state index contributed by atoms with van der Waals surface area (Å²) in [6.07, 6.45) is 2.68. The summed E-state index contributed by atoms with van der Waals surface area (Å²) >= 11 is 0. The average Bonchev–Trinajstić information content (AvgIpc) is 2.27. The fourth-order valence-electron chi connectivity index (χ4n) is 1.91. The second-order valence-corrected chi connectivity index (χ2v) is 5.17. The van der Waals surface area contributed by atoms with Crippen LogP contribution in [0.3, 0.4) is 0 Å². The molecule has 0 aliphatic carbocycles. The molecule has 1 saturated heterocycles. The molecule has 0 spiro atoms. The topological polar surface area (TPSA) is 70.6 Å². The monoisotopic (exact) mass is 244 g/mol. The molecule has 1 rings (SSSR count). The third-order valence-electron chi connectivity index (χ3n) is 2.95. The van der Waals surface area contributed by atoms with E-state index in [9.17, 15) is 4.79 Å². The van der Waals surface area contributed by atoms with Crippen LogP contribution in [0.4, 0.5) is 0 Å². The summed E-state index contributed by atoms with van der Waals surface area (Å²) in [6.45, 7) is 5.89. The number of rotatable bonds is 6. The second-order valence-electron chi connectivity index (χ2n) is 5.17. The molecule has 1 aliphatic heterocycles. The maximum Gasteiger partial charge on any atom is 0.246 e. The van der Waals surface area contributed by atoms with Crippen LogP contribution >= 0.6 is 0 Å². The first-order valence-electron chi connectivity index (χ1n) is 6.28. The first-order chi connectivity index (χ1) is 8.03. The Kier molecular flexibility index (Phi) is 5.88. The van der Waals surface area contributed by atoms with Gasteiger partial charge in [0.2, 0.25) is 5.91 Å². The van der Waals surface area contributed by atoms with Crippen molar-refractivity contribution in [2.45, 2.75) is 44.8 Å². The van der Waals surface area contributed by atoms with Crippen molar-refractivity contribution < 1.29 is 14.6 Å². The molecule has 5 heteroatoms. The first-order valence-corrected chi connectivity index (χ1v) is 6.28. The molecule has 100 valence electrons. The summed E-state index contributed by atoms with van der Waals surface area (Å²) in [5.74, 6) is -0.109. The van der Waals surface area contributed by atoms with Crippen LogP contribution in [-0.4, -0.2) is 49.0 Å². The number of ether oxygens (including phenoxy) is 1. The summed E-state index contributed by atoms with van der Waals surface area (Å²) in [4.78, 5) is 11.6. The molecule has 0 aromatic heterocycles. The SMILES string of the molecule is CC(C)(CCO)NC(=O)COC1CCNCC1.